The molecular weight excluding hydrogens is 308 g/mol. The molecule has 4 rings (SSSR count). The van der Waals surface area contributed by atoms with Crippen molar-refractivity contribution in [3.63, 3.8) is 0 Å². The van der Waals surface area contributed by atoms with Gasteiger partial charge in [-0.1, -0.05) is 30.3 Å². The number of hydrogen-bond donors (Lipinski definition) is 0. The predicted octanol–water partition coefficient (Wildman–Crippen LogP) is 1.43. The lowest BCUT2D eigenvalue weighted by Crippen LogP contribution is -2.40. The molecule has 24 heavy (non-hydrogen) atoms. The molecule has 8 heteroatoms. The normalized spacial score (nSPS) is 16.5. The van der Waals surface area contributed by atoms with Gasteiger partial charge in [-0.25, -0.2) is 4.79 Å². The number of benzene rings is 1. The first-order valence-electron chi connectivity index (χ1n) is 7.71. The van der Waals surface area contributed by atoms with Gasteiger partial charge in [-0.2, -0.15) is 10.1 Å². The summed E-state index contributed by atoms with van der Waals surface area (Å²) in [6, 6.07) is 9.40. The highest BCUT2D eigenvalue weighted by molar-refractivity contribution is 5.73. The summed E-state index contributed by atoms with van der Waals surface area (Å²) in [5, 5.41) is 8.13. The van der Waals surface area contributed by atoms with Crippen molar-refractivity contribution in [1.82, 2.24) is 18.7 Å². The summed E-state index contributed by atoms with van der Waals surface area (Å²) in [6.07, 6.45) is 0. The van der Waals surface area contributed by atoms with Gasteiger partial charge < -0.3 is 0 Å². The Labute approximate surface area is 136 Å². The Kier molecular flexibility index (Phi) is 3.19. The molecule has 0 radical (unpaired) electrons. The molecule has 0 saturated carbocycles. The largest absolute Gasteiger partial charge is 0.332 e. The van der Waals surface area contributed by atoms with Crippen molar-refractivity contribution < 1.29 is 0 Å². The van der Waals surface area contributed by atoms with Crippen LogP contribution < -0.4 is 11.2 Å². The van der Waals surface area contributed by atoms with Crippen LogP contribution in [0.15, 0.2) is 50.1 Å². The van der Waals surface area contributed by atoms with Gasteiger partial charge in [0.25, 0.3) is 11.5 Å². The van der Waals surface area contributed by atoms with Crippen molar-refractivity contribution >= 4 is 17.1 Å². The average Bonchev–Trinajstić information content (AvgIpc) is 2.96. The molecular formula is C16H16N6O2. The zero-order valence-electron chi connectivity index (χ0n) is 13.4. The minimum atomic E-state index is -0.392. The van der Waals surface area contributed by atoms with E-state index >= 15 is 0 Å². The fourth-order valence-corrected chi connectivity index (χ4v) is 2.97. The molecule has 3 heterocycles. The highest BCUT2D eigenvalue weighted by atomic mass is 16.2. The Morgan fingerprint density at radius 1 is 1.21 bits per heavy atom. The molecule has 0 N–H and O–H groups in total. The van der Waals surface area contributed by atoms with Crippen molar-refractivity contribution in [1.29, 1.82) is 0 Å². The number of imidazole rings is 1. The molecule has 1 unspecified atom stereocenters. The number of hydrogen-bond acceptors (Lipinski definition) is 5. The second-order valence-electron chi connectivity index (χ2n) is 5.98. The molecule has 3 aromatic rings. The van der Waals surface area contributed by atoms with E-state index in [1.54, 1.807) is 11.6 Å². The van der Waals surface area contributed by atoms with Crippen LogP contribution in [0, 0.1) is 0 Å². The van der Waals surface area contributed by atoms with Crippen LogP contribution >= 0.6 is 0 Å². The number of aromatic nitrogens is 4. The SMILES string of the molecule is CC1Cn2c(nc3c2c(=O)n(Cc2ccccc2)c(=O)n3C)N=N1. The molecule has 1 aromatic carbocycles. The maximum atomic E-state index is 13.0. The molecule has 1 atom stereocenters. The molecule has 8 nitrogen and oxygen atoms in total. The van der Waals surface area contributed by atoms with E-state index in [1.165, 1.54) is 9.13 Å². The van der Waals surface area contributed by atoms with E-state index in [1.807, 2.05) is 37.3 Å². The first-order valence-corrected chi connectivity index (χ1v) is 7.71. The molecule has 0 amide bonds. The van der Waals surface area contributed by atoms with Gasteiger partial charge in [0, 0.05) is 7.05 Å². The number of rotatable bonds is 2. The summed E-state index contributed by atoms with van der Waals surface area (Å²) in [5.74, 6) is 0.368. The summed E-state index contributed by atoms with van der Waals surface area (Å²) >= 11 is 0. The van der Waals surface area contributed by atoms with Gasteiger partial charge in [-0.15, -0.1) is 5.11 Å². The summed E-state index contributed by atoms with van der Waals surface area (Å²) < 4.78 is 4.38. The van der Waals surface area contributed by atoms with Crippen molar-refractivity contribution in [2.24, 2.45) is 17.3 Å². The molecule has 0 fully saturated rings. The van der Waals surface area contributed by atoms with Crippen LogP contribution in [0.4, 0.5) is 5.95 Å². The minimum Gasteiger partial charge on any atom is -0.299 e. The maximum absolute atomic E-state index is 13.0. The van der Waals surface area contributed by atoms with E-state index in [-0.39, 0.29) is 18.1 Å². The first-order chi connectivity index (χ1) is 11.6. The summed E-state index contributed by atoms with van der Waals surface area (Å²) in [6.45, 7) is 2.66. The molecule has 2 aromatic heterocycles. The number of azo groups is 1. The topological polar surface area (TPSA) is 86.5 Å². The number of fused-ring (bicyclic) bond motifs is 3. The molecule has 0 aliphatic carbocycles. The van der Waals surface area contributed by atoms with Gasteiger partial charge >= 0.3 is 5.69 Å². The summed E-state index contributed by atoms with van der Waals surface area (Å²) in [7, 11) is 1.62. The molecule has 1 aliphatic heterocycles. The Hall–Kier alpha value is -3.03. The van der Waals surface area contributed by atoms with Crippen molar-refractivity contribution in [3.8, 4) is 0 Å². The standard InChI is InChI=1S/C16H16N6O2/c1-10-8-21-12-13(17-15(21)19-18-10)20(2)16(24)22(14(12)23)9-11-6-4-3-5-7-11/h3-7,10H,8-9H2,1-2H3. The van der Waals surface area contributed by atoms with E-state index in [0.29, 0.717) is 23.7 Å². The third kappa shape index (κ3) is 2.10. The van der Waals surface area contributed by atoms with Crippen LogP contribution in [-0.4, -0.2) is 24.7 Å². The van der Waals surface area contributed by atoms with Crippen LogP contribution in [0.1, 0.15) is 12.5 Å². The second-order valence-corrected chi connectivity index (χ2v) is 5.98. The molecule has 0 saturated heterocycles. The first kappa shape index (κ1) is 14.6. The van der Waals surface area contributed by atoms with E-state index in [9.17, 15) is 9.59 Å². The summed E-state index contributed by atoms with van der Waals surface area (Å²) in [5.41, 5.74) is 0.894. The quantitative estimate of drug-likeness (QED) is 0.714. The van der Waals surface area contributed by atoms with Crippen molar-refractivity contribution in [2.75, 3.05) is 0 Å². The third-order valence-electron chi connectivity index (χ3n) is 4.19. The zero-order chi connectivity index (χ0) is 16.8. The molecule has 0 spiro atoms. The van der Waals surface area contributed by atoms with Crippen LogP contribution in [0.2, 0.25) is 0 Å². The Morgan fingerprint density at radius 3 is 2.71 bits per heavy atom. The van der Waals surface area contributed by atoms with Gasteiger partial charge in [0.15, 0.2) is 11.2 Å². The second kappa shape index (κ2) is 5.26. The smallest absolute Gasteiger partial charge is 0.299 e. The van der Waals surface area contributed by atoms with E-state index in [4.69, 9.17) is 0 Å². The van der Waals surface area contributed by atoms with Crippen molar-refractivity contribution in [3.05, 3.63) is 56.7 Å². The van der Waals surface area contributed by atoms with Crippen LogP contribution in [0.3, 0.4) is 0 Å². The van der Waals surface area contributed by atoms with Gasteiger partial charge in [0.1, 0.15) is 0 Å². The minimum absolute atomic E-state index is 0.0332. The average molecular weight is 324 g/mol. The molecule has 0 bridgehead atoms. The van der Waals surface area contributed by atoms with Gasteiger partial charge in [-0.05, 0) is 12.5 Å². The van der Waals surface area contributed by atoms with Crippen LogP contribution in [-0.2, 0) is 20.1 Å². The monoisotopic (exact) mass is 324 g/mol. The molecule has 122 valence electrons. The predicted molar refractivity (Wildman–Crippen MR) is 88.8 cm³/mol. The highest BCUT2D eigenvalue weighted by Crippen LogP contribution is 2.23. The lowest BCUT2D eigenvalue weighted by Gasteiger charge is -2.13. The fraction of sp³-hybridized carbons (Fsp3) is 0.312. The number of nitrogens with zero attached hydrogens (tertiary/aromatic N) is 6. The van der Waals surface area contributed by atoms with E-state index in [2.05, 4.69) is 15.2 Å². The van der Waals surface area contributed by atoms with E-state index in [0.717, 1.165) is 5.56 Å². The Morgan fingerprint density at radius 2 is 1.96 bits per heavy atom. The third-order valence-corrected chi connectivity index (χ3v) is 4.19. The highest BCUT2D eigenvalue weighted by Gasteiger charge is 2.23. The Bertz CT molecular complexity index is 1070. The van der Waals surface area contributed by atoms with Crippen molar-refractivity contribution in [2.45, 2.75) is 26.1 Å². The lowest BCUT2D eigenvalue weighted by atomic mass is 10.2. The summed E-state index contributed by atoms with van der Waals surface area (Å²) in [4.78, 5) is 29.9. The Balaban J connectivity index is 1.99. The van der Waals surface area contributed by atoms with Gasteiger partial charge in [-0.3, -0.25) is 18.5 Å². The maximum Gasteiger partial charge on any atom is 0.332 e. The van der Waals surface area contributed by atoms with Crippen LogP contribution in [0.25, 0.3) is 11.2 Å². The van der Waals surface area contributed by atoms with Gasteiger partial charge in [0.05, 0.1) is 19.1 Å². The number of aryl methyl sites for hydroxylation is 1. The van der Waals surface area contributed by atoms with Gasteiger partial charge in [0.2, 0.25) is 0 Å². The van der Waals surface area contributed by atoms with E-state index < -0.39 is 5.69 Å². The van der Waals surface area contributed by atoms with Crippen LogP contribution in [0.5, 0.6) is 0 Å². The fourth-order valence-electron chi connectivity index (χ4n) is 2.97. The molecule has 1 aliphatic rings. The zero-order valence-corrected chi connectivity index (χ0v) is 13.4. The lowest BCUT2D eigenvalue weighted by molar-refractivity contribution is 0.546.